The predicted molar refractivity (Wildman–Crippen MR) is 79.9 cm³/mol. The summed E-state index contributed by atoms with van der Waals surface area (Å²) in [7, 11) is 0. The molecule has 0 aliphatic heterocycles. The first-order valence-corrected chi connectivity index (χ1v) is 6.97. The fourth-order valence-electron chi connectivity index (χ4n) is 2.75. The van der Waals surface area contributed by atoms with E-state index in [0.717, 1.165) is 0 Å². The number of nitrogens with one attached hydrogen (secondary N) is 1. The largest absolute Gasteiger partial charge is 0.480 e. The summed E-state index contributed by atoms with van der Waals surface area (Å²) in [6, 6.07) is 15.8. The van der Waals surface area contributed by atoms with Crippen molar-refractivity contribution >= 4 is 5.97 Å². The molecule has 3 rings (SSSR count). The van der Waals surface area contributed by atoms with Crippen molar-refractivity contribution < 1.29 is 14.7 Å². The number of carbonyl (C=O) groups is 1. The molecule has 0 aromatic heterocycles. The molecule has 1 aliphatic carbocycles. The summed E-state index contributed by atoms with van der Waals surface area (Å²) in [4.78, 5) is 16.2. The fourth-order valence-corrected chi connectivity index (χ4v) is 2.75. The van der Waals surface area contributed by atoms with Gasteiger partial charge in [-0.3, -0.25) is 9.63 Å². The summed E-state index contributed by atoms with van der Waals surface area (Å²) in [5.74, 6) is -0.798. The molecular weight excluding hydrogens is 266 g/mol. The van der Waals surface area contributed by atoms with Gasteiger partial charge in [0, 0.05) is 5.92 Å². The highest BCUT2D eigenvalue weighted by molar-refractivity contribution is 5.78. The van der Waals surface area contributed by atoms with Crippen LogP contribution in [0.2, 0.25) is 0 Å². The highest BCUT2D eigenvalue weighted by atomic mass is 16.6. The van der Waals surface area contributed by atoms with Crippen LogP contribution in [-0.4, -0.2) is 23.7 Å². The van der Waals surface area contributed by atoms with Gasteiger partial charge in [0.2, 0.25) is 0 Å². The van der Waals surface area contributed by atoms with E-state index in [1.807, 2.05) is 24.3 Å². The van der Waals surface area contributed by atoms with Gasteiger partial charge in [-0.1, -0.05) is 48.5 Å². The summed E-state index contributed by atoms with van der Waals surface area (Å²) in [6.45, 7) is 1.96. The molecule has 0 radical (unpaired) electrons. The van der Waals surface area contributed by atoms with Crippen LogP contribution in [0, 0.1) is 0 Å². The van der Waals surface area contributed by atoms with Crippen molar-refractivity contribution in [2.24, 2.45) is 0 Å². The summed E-state index contributed by atoms with van der Waals surface area (Å²) in [5.41, 5.74) is 7.48. The summed E-state index contributed by atoms with van der Waals surface area (Å²) in [5, 5.41) is 8.85. The molecule has 4 nitrogen and oxygen atoms in total. The van der Waals surface area contributed by atoms with Crippen LogP contribution in [0.15, 0.2) is 48.5 Å². The number of benzene rings is 2. The maximum atomic E-state index is 10.8. The first-order valence-electron chi connectivity index (χ1n) is 6.97. The van der Waals surface area contributed by atoms with Gasteiger partial charge in [-0.2, -0.15) is 5.48 Å². The van der Waals surface area contributed by atoms with Crippen molar-refractivity contribution in [3.05, 3.63) is 59.7 Å². The Bertz CT molecular complexity index is 623. The van der Waals surface area contributed by atoms with Gasteiger partial charge in [-0.25, -0.2) is 0 Å². The lowest BCUT2D eigenvalue weighted by Gasteiger charge is -2.15. The molecule has 2 aromatic rings. The first-order chi connectivity index (χ1) is 10.2. The van der Waals surface area contributed by atoms with E-state index in [0.29, 0.717) is 6.61 Å². The molecule has 0 fully saturated rings. The van der Waals surface area contributed by atoms with Crippen LogP contribution in [-0.2, 0) is 9.63 Å². The molecule has 0 amide bonds. The van der Waals surface area contributed by atoms with Gasteiger partial charge in [0.1, 0.15) is 6.04 Å². The van der Waals surface area contributed by atoms with Crippen LogP contribution >= 0.6 is 0 Å². The minimum atomic E-state index is -0.928. The molecule has 0 spiro atoms. The topological polar surface area (TPSA) is 58.6 Å². The van der Waals surface area contributed by atoms with Crippen molar-refractivity contribution in [2.45, 2.75) is 18.9 Å². The van der Waals surface area contributed by atoms with Gasteiger partial charge in [0.25, 0.3) is 0 Å². The first kappa shape index (κ1) is 13.8. The van der Waals surface area contributed by atoms with Gasteiger partial charge in [-0.05, 0) is 29.2 Å². The Hall–Kier alpha value is -2.17. The molecule has 0 unspecified atom stereocenters. The number of hydrogen-bond acceptors (Lipinski definition) is 3. The number of rotatable bonds is 5. The van der Waals surface area contributed by atoms with Gasteiger partial charge in [-0.15, -0.1) is 0 Å². The highest BCUT2D eigenvalue weighted by Crippen LogP contribution is 2.44. The maximum Gasteiger partial charge on any atom is 0.322 e. The fraction of sp³-hybridized carbons (Fsp3) is 0.235. The monoisotopic (exact) mass is 283 g/mol. The smallest absolute Gasteiger partial charge is 0.322 e. The molecule has 2 aromatic carbocycles. The average molecular weight is 283 g/mol. The third kappa shape index (κ3) is 2.55. The molecule has 0 bridgehead atoms. The highest BCUT2D eigenvalue weighted by Gasteiger charge is 2.28. The quantitative estimate of drug-likeness (QED) is 0.828. The average Bonchev–Trinajstić information content (AvgIpc) is 2.82. The third-order valence-corrected chi connectivity index (χ3v) is 3.84. The SMILES string of the molecule is C[C@H](NOCC1c2ccccc2-c2ccccc21)C(=O)O. The van der Waals surface area contributed by atoms with Gasteiger partial charge in [0.05, 0.1) is 6.61 Å². The Morgan fingerprint density at radius 2 is 1.67 bits per heavy atom. The lowest BCUT2D eigenvalue weighted by Crippen LogP contribution is -2.34. The zero-order chi connectivity index (χ0) is 14.8. The number of carboxylic acid groups (broad SMARTS) is 1. The Morgan fingerprint density at radius 1 is 1.14 bits per heavy atom. The molecule has 21 heavy (non-hydrogen) atoms. The minimum absolute atomic E-state index is 0.130. The summed E-state index contributed by atoms with van der Waals surface area (Å²) < 4.78 is 0. The van der Waals surface area contributed by atoms with E-state index in [-0.39, 0.29) is 5.92 Å². The van der Waals surface area contributed by atoms with Gasteiger partial charge in [0.15, 0.2) is 0 Å². The molecule has 1 atom stereocenters. The zero-order valence-electron chi connectivity index (χ0n) is 11.7. The number of hydrogen-bond donors (Lipinski definition) is 2. The van der Waals surface area contributed by atoms with Gasteiger partial charge >= 0.3 is 5.97 Å². The van der Waals surface area contributed by atoms with E-state index < -0.39 is 12.0 Å². The molecule has 0 saturated carbocycles. The second kappa shape index (κ2) is 5.68. The lowest BCUT2D eigenvalue weighted by atomic mass is 9.98. The van der Waals surface area contributed by atoms with Crippen LogP contribution in [0.25, 0.3) is 11.1 Å². The molecule has 1 aliphatic rings. The third-order valence-electron chi connectivity index (χ3n) is 3.84. The van der Waals surface area contributed by atoms with Gasteiger partial charge < -0.3 is 5.11 Å². The van der Waals surface area contributed by atoms with Crippen molar-refractivity contribution in [1.82, 2.24) is 5.48 Å². The van der Waals surface area contributed by atoms with E-state index in [2.05, 4.69) is 29.7 Å². The Balaban J connectivity index is 1.81. The van der Waals surface area contributed by atoms with Crippen LogP contribution in [0.3, 0.4) is 0 Å². The minimum Gasteiger partial charge on any atom is -0.480 e. The van der Waals surface area contributed by atoms with E-state index in [9.17, 15) is 4.79 Å². The Labute approximate surface area is 123 Å². The molecule has 4 heteroatoms. The standard InChI is InChI=1S/C17H17NO3/c1-11(17(19)20)18-21-10-16-14-8-4-2-6-12(14)13-7-3-5-9-15(13)16/h2-9,11,16,18H,10H2,1H3,(H,19,20)/t11-/m0/s1. The van der Waals surface area contributed by atoms with E-state index >= 15 is 0 Å². The summed E-state index contributed by atoms with van der Waals surface area (Å²) >= 11 is 0. The number of carboxylic acids is 1. The van der Waals surface area contributed by atoms with Crippen LogP contribution in [0.1, 0.15) is 24.0 Å². The number of aliphatic carboxylic acids is 1. The normalized spacial score (nSPS) is 14.5. The lowest BCUT2D eigenvalue weighted by molar-refractivity contribution is -0.143. The van der Waals surface area contributed by atoms with E-state index in [4.69, 9.17) is 9.94 Å². The van der Waals surface area contributed by atoms with Crippen molar-refractivity contribution in [3.8, 4) is 11.1 Å². The van der Waals surface area contributed by atoms with Crippen molar-refractivity contribution in [3.63, 3.8) is 0 Å². The zero-order valence-corrected chi connectivity index (χ0v) is 11.7. The molecular formula is C17H17NO3. The molecule has 0 saturated heterocycles. The Morgan fingerprint density at radius 3 is 2.19 bits per heavy atom. The second-order valence-corrected chi connectivity index (χ2v) is 5.22. The molecule has 2 N–H and O–H groups in total. The number of hydroxylamine groups is 1. The Kier molecular flexibility index (Phi) is 3.73. The van der Waals surface area contributed by atoms with E-state index in [1.165, 1.54) is 22.3 Å². The second-order valence-electron chi connectivity index (χ2n) is 5.22. The summed E-state index contributed by atoms with van der Waals surface area (Å²) in [6.07, 6.45) is 0. The number of fused-ring (bicyclic) bond motifs is 3. The van der Waals surface area contributed by atoms with Crippen molar-refractivity contribution in [1.29, 1.82) is 0 Å². The maximum absolute atomic E-state index is 10.8. The predicted octanol–water partition coefficient (Wildman–Crippen LogP) is 2.79. The molecule has 0 heterocycles. The van der Waals surface area contributed by atoms with Crippen LogP contribution in [0.5, 0.6) is 0 Å². The van der Waals surface area contributed by atoms with Crippen LogP contribution in [0.4, 0.5) is 0 Å². The van der Waals surface area contributed by atoms with E-state index in [1.54, 1.807) is 6.92 Å². The molecule has 108 valence electrons. The van der Waals surface area contributed by atoms with Crippen LogP contribution < -0.4 is 5.48 Å². The van der Waals surface area contributed by atoms with Crippen molar-refractivity contribution in [2.75, 3.05) is 6.61 Å².